The van der Waals surface area contributed by atoms with E-state index in [0.717, 1.165) is 22.9 Å². The molecule has 1 heterocycles. The zero-order valence-electron chi connectivity index (χ0n) is 8.66. The molecule has 0 saturated heterocycles. The van der Waals surface area contributed by atoms with Crippen LogP contribution in [0, 0.1) is 0 Å². The van der Waals surface area contributed by atoms with E-state index < -0.39 is 0 Å². The summed E-state index contributed by atoms with van der Waals surface area (Å²) in [5.74, 6) is 0.274. The molecule has 0 saturated carbocycles. The third-order valence-electron chi connectivity index (χ3n) is 2.44. The SMILES string of the molecule is NC(=S)NCCc1c[nH]c2ccc(O)cc12. The van der Waals surface area contributed by atoms with Gasteiger partial charge in [0.25, 0.3) is 0 Å². The normalized spacial score (nSPS) is 10.5. The maximum Gasteiger partial charge on any atom is 0.163 e. The predicted octanol–water partition coefficient (Wildman–Crippen LogP) is 1.25. The first-order chi connectivity index (χ1) is 7.66. The number of nitrogens with one attached hydrogen (secondary N) is 2. The highest BCUT2D eigenvalue weighted by molar-refractivity contribution is 7.80. The second-order valence-corrected chi connectivity index (χ2v) is 4.02. The van der Waals surface area contributed by atoms with Gasteiger partial charge >= 0.3 is 0 Å². The molecule has 0 aliphatic carbocycles. The molecule has 1 aromatic carbocycles. The van der Waals surface area contributed by atoms with E-state index in [-0.39, 0.29) is 5.75 Å². The third kappa shape index (κ3) is 2.25. The first kappa shape index (κ1) is 10.8. The number of rotatable bonds is 3. The molecule has 5 N–H and O–H groups in total. The Bertz CT molecular complexity index is 521. The Hall–Kier alpha value is -1.75. The van der Waals surface area contributed by atoms with E-state index in [2.05, 4.69) is 10.3 Å². The van der Waals surface area contributed by atoms with Crippen LogP contribution in [0.25, 0.3) is 10.9 Å². The maximum absolute atomic E-state index is 9.42. The van der Waals surface area contributed by atoms with Crippen molar-refractivity contribution in [1.29, 1.82) is 0 Å². The number of aromatic nitrogens is 1. The zero-order valence-corrected chi connectivity index (χ0v) is 9.47. The van der Waals surface area contributed by atoms with Gasteiger partial charge in [-0.3, -0.25) is 0 Å². The number of aromatic amines is 1. The van der Waals surface area contributed by atoms with Crippen molar-refractivity contribution in [2.24, 2.45) is 5.73 Å². The van der Waals surface area contributed by atoms with E-state index >= 15 is 0 Å². The molecule has 0 aliphatic rings. The Morgan fingerprint density at radius 1 is 1.50 bits per heavy atom. The van der Waals surface area contributed by atoms with Gasteiger partial charge in [0.1, 0.15) is 5.75 Å². The van der Waals surface area contributed by atoms with Crippen molar-refractivity contribution >= 4 is 28.2 Å². The van der Waals surface area contributed by atoms with E-state index in [1.54, 1.807) is 12.1 Å². The van der Waals surface area contributed by atoms with Crippen LogP contribution in [0.15, 0.2) is 24.4 Å². The van der Waals surface area contributed by atoms with Gasteiger partial charge in [0, 0.05) is 23.6 Å². The number of thiocarbonyl (C=S) groups is 1. The third-order valence-corrected chi connectivity index (χ3v) is 2.59. The van der Waals surface area contributed by atoms with Crippen LogP contribution in [0.2, 0.25) is 0 Å². The van der Waals surface area contributed by atoms with Crippen molar-refractivity contribution in [2.75, 3.05) is 6.54 Å². The largest absolute Gasteiger partial charge is 0.508 e. The Morgan fingerprint density at radius 2 is 2.31 bits per heavy atom. The molecule has 16 heavy (non-hydrogen) atoms. The lowest BCUT2D eigenvalue weighted by atomic mass is 10.1. The number of hydrogen-bond donors (Lipinski definition) is 4. The summed E-state index contributed by atoms with van der Waals surface area (Å²) < 4.78 is 0. The minimum Gasteiger partial charge on any atom is -0.508 e. The molecule has 0 radical (unpaired) electrons. The smallest absolute Gasteiger partial charge is 0.163 e. The highest BCUT2D eigenvalue weighted by Gasteiger charge is 2.04. The molecule has 0 atom stereocenters. The summed E-state index contributed by atoms with van der Waals surface area (Å²) in [5.41, 5.74) is 7.49. The second kappa shape index (κ2) is 4.40. The Morgan fingerprint density at radius 3 is 3.06 bits per heavy atom. The Kier molecular flexibility index (Phi) is 2.96. The van der Waals surface area contributed by atoms with Crippen molar-refractivity contribution in [2.45, 2.75) is 6.42 Å². The van der Waals surface area contributed by atoms with Crippen molar-refractivity contribution in [3.63, 3.8) is 0 Å². The standard InChI is InChI=1S/C11H13N3OS/c12-11(16)13-4-3-7-6-14-10-2-1-8(15)5-9(7)10/h1-2,5-6,14-15H,3-4H2,(H3,12,13,16). The number of fused-ring (bicyclic) bond motifs is 1. The van der Waals surface area contributed by atoms with E-state index in [1.807, 2.05) is 12.3 Å². The maximum atomic E-state index is 9.42. The van der Waals surface area contributed by atoms with E-state index in [4.69, 9.17) is 18.0 Å². The number of phenolic OH excluding ortho intramolecular Hbond substituents is 1. The van der Waals surface area contributed by atoms with Crippen molar-refractivity contribution in [3.05, 3.63) is 30.0 Å². The molecule has 0 aliphatic heterocycles. The molecule has 2 rings (SSSR count). The number of aromatic hydroxyl groups is 1. The van der Waals surface area contributed by atoms with Gasteiger partial charge in [0.05, 0.1) is 0 Å². The molecule has 5 heteroatoms. The molecule has 84 valence electrons. The van der Waals surface area contributed by atoms with Crippen LogP contribution in [-0.2, 0) is 6.42 Å². The van der Waals surface area contributed by atoms with Crippen LogP contribution in [0.4, 0.5) is 0 Å². The van der Waals surface area contributed by atoms with Gasteiger partial charge in [-0.15, -0.1) is 0 Å². The molecule has 0 amide bonds. The van der Waals surface area contributed by atoms with Gasteiger partial charge in [-0.1, -0.05) is 0 Å². The fraction of sp³-hybridized carbons (Fsp3) is 0.182. The highest BCUT2D eigenvalue weighted by Crippen LogP contribution is 2.22. The van der Waals surface area contributed by atoms with Gasteiger partial charge in [-0.2, -0.15) is 0 Å². The lowest BCUT2D eigenvalue weighted by Gasteiger charge is -2.02. The number of nitrogens with two attached hydrogens (primary N) is 1. The van der Waals surface area contributed by atoms with Crippen LogP contribution in [0.3, 0.4) is 0 Å². The minimum atomic E-state index is 0.274. The molecular weight excluding hydrogens is 222 g/mol. The fourth-order valence-electron chi connectivity index (χ4n) is 1.69. The zero-order chi connectivity index (χ0) is 11.5. The molecule has 0 bridgehead atoms. The van der Waals surface area contributed by atoms with Crippen LogP contribution in [0.1, 0.15) is 5.56 Å². The summed E-state index contributed by atoms with van der Waals surface area (Å²) in [6.45, 7) is 0.692. The van der Waals surface area contributed by atoms with Crippen LogP contribution in [-0.4, -0.2) is 21.7 Å². The first-order valence-corrected chi connectivity index (χ1v) is 5.40. The number of H-pyrrole nitrogens is 1. The molecule has 0 unspecified atom stereocenters. The lowest BCUT2D eigenvalue weighted by Crippen LogP contribution is -2.30. The van der Waals surface area contributed by atoms with Gasteiger partial charge < -0.3 is 21.1 Å². The second-order valence-electron chi connectivity index (χ2n) is 3.58. The summed E-state index contributed by atoms with van der Waals surface area (Å²) in [5, 5.41) is 13.7. The minimum absolute atomic E-state index is 0.274. The van der Waals surface area contributed by atoms with E-state index in [1.165, 1.54) is 0 Å². The molecule has 0 spiro atoms. The topological polar surface area (TPSA) is 74.1 Å². The summed E-state index contributed by atoms with van der Waals surface area (Å²) in [6, 6.07) is 5.27. The quantitative estimate of drug-likeness (QED) is 0.604. The van der Waals surface area contributed by atoms with Crippen LogP contribution < -0.4 is 11.1 Å². The van der Waals surface area contributed by atoms with Crippen LogP contribution in [0.5, 0.6) is 5.75 Å². The summed E-state index contributed by atoms with van der Waals surface area (Å²) in [4.78, 5) is 3.15. The molecule has 1 aromatic heterocycles. The first-order valence-electron chi connectivity index (χ1n) is 4.99. The van der Waals surface area contributed by atoms with Crippen molar-refractivity contribution in [3.8, 4) is 5.75 Å². The number of hydrogen-bond acceptors (Lipinski definition) is 2. The fourth-order valence-corrected chi connectivity index (χ4v) is 1.80. The summed E-state index contributed by atoms with van der Waals surface area (Å²) >= 11 is 4.73. The summed E-state index contributed by atoms with van der Waals surface area (Å²) in [6.07, 6.45) is 2.74. The van der Waals surface area contributed by atoms with E-state index in [9.17, 15) is 5.11 Å². The van der Waals surface area contributed by atoms with Gasteiger partial charge in [-0.05, 0) is 42.4 Å². The lowest BCUT2D eigenvalue weighted by molar-refractivity contribution is 0.476. The predicted molar refractivity (Wildman–Crippen MR) is 68.5 cm³/mol. The number of benzene rings is 1. The number of phenols is 1. The molecular formula is C11H13N3OS. The van der Waals surface area contributed by atoms with Crippen molar-refractivity contribution in [1.82, 2.24) is 10.3 Å². The summed E-state index contributed by atoms with van der Waals surface area (Å²) in [7, 11) is 0. The Labute approximate surface area is 98.5 Å². The van der Waals surface area contributed by atoms with Gasteiger partial charge in [0.15, 0.2) is 5.11 Å². The monoisotopic (exact) mass is 235 g/mol. The van der Waals surface area contributed by atoms with Gasteiger partial charge in [-0.25, -0.2) is 0 Å². The van der Waals surface area contributed by atoms with Crippen LogP contribution >= 0.6 is 12.2 Å². The molecule has 4 nitrogen and oxygen atoms in total. The molecule has 2 aromatic rings. The highest BCUT2D eigenvalue weighted by atomic mass is 32.1. The van der Waals surface area contributed by atoms with E-state index in [0.29, 0.717) is 11.7 Å². The van der Waals surface area contributed by atoms with Gasteiger partial charge in [0.2, 0.25) is 0 Å². The average molecular weight is 235 g/mol. The van der Waals surface area contributed by atoms with Crippen molar-refractivity contribution < 1.29 is 5.11 Å². The Balaban J connectivity index is 2.17. The molecule has 0 fully saturated rings. The average Bonchev–Trinajstić information content (AvgIpc) is 2.60.